The number of aromatic amines is 1. The minimum atomic E-state index is -1.07. The van der Waals surface area contributed by atoms with Gasteiger partial charge in [0.25, 0.3) is 5.56 Å². The summed E-state index contributed by atoms with van der Waals surface area (Å²) in [5.74, 6) is 0.583. The molecule has 0 spiro atoms. The standard InChI is InChI=1S/C19H18FN3O2.C2H6/c1-14(20)5-6-15(11-17-7-8-19(24)23-22-17)9-10-25-18-4-2-3-16(12-18)13-21;1-2/h2-9,12,14H,10-11H2,1H3,(H,23,24);1-2H3/b6-5-,15-9+;. The third-order valence-electron chi connectivity index (χ3n) is 3.26. The maximum absolute atomic E-state index is 13.1. The zero-order valence-corrected chi connectivity index (χ0v) is 15.8. The molecule has 1 unspecified atom stereocenters. The van der Waals surface area contributed by atoms with E-state index < -0.39 is 6.17 Å². The van der Waals surface area contributed by atoms with E-state index in [1.165, 1.54) is 19.1 Å². The average Bonchev–Trinajstić information content (AvgIpc) is 2.69. The van der Waals surface area contributed by atoms with E-state index >= 15 is 0 Å². The number of ether oxygens (including phenoxy) is 1. The smallest absolute Gasteiger partial charge is 0.264 e. The first-order chi connectivity index (χ1) is 13.1. The highest BCUT2D eigenvalue weighted by Crippen LogP contribution is 2.13. The van der Waals surface area contributed by atoms with Crippen LogP contribution in [0.2, 0.25) is 0 Å². The van der Waals surface area contributed by atoms with Gasteiger partial charge in [-0.15, -0.1) is 0 Å². The normalized spacial score (nSPS) is 12.0. The van der Waals surface area contributed by atoms with Crippen LogP contribution in [0.3, 0.4) is 0 Å². The number of allylic oxidation sites excluding steroid dienone is 3. The minimum Gasteiger partial charge on any atom is -0.489 e. The molecule has 0 aliphatic carbocycles. The maximum Gasteiger partial charge on any atom is 0.264 e. The summed E-state index contributed by atoms with van der Waals surface area (Å²) in [7, 11) is 0. The fraction of sp³-hybridized carbons (Fsp3) is 0.286. The molecule has 0 aliphatic rings. The van der Waals surface area contributed by atoms with Crippen molar-refractivity contribution in [2.45, 2.75) is 33.4 Å². The van der Waals surface area contributed by atoms with Crippen LogP contribution in [0, 0.1) is 11.3 Å². The van der Waals surface area contributed by atoms with Gasteiger partial charge < -0.3 is 4.74 Å². The van der Waals surface area contributed by atoms with Gasteiger partial charge >= 0.3 is 0 Å². The number of hydrogen-bond donors (Lipinski definition) is 1. The number of nitriles is 1. The molecule has 0 amide bonds. The molecule has 142 valence electrons. The first-order valence-electron chi connectivity index (χ1n) is 8.75. The Morgan fingerprint density at radius 1 is 1.37 bits per heavy atom. The van der Waals surface area contributed by atoms with Crippen molar-refractivity contribution >= 4 is 0 Å². The fourth-order valence-electron chi connectivity index (χ4n) is 2.04. The molecule has 1 heterocycles. The molecule has 2 rings (SSSR count). The van der Waals surface area contributed by atoms with E-state index in [1.54, 1.807) is 36.4 Å². The molecule has 0 saturated heterocycles. The Labute approximate surface area is 158 Å². The van der Waals surface area contributed by atoms with Gasteiger partial charge in [0.05, 0.1) is 17.3 Å². The first-order valence-corrected chi connectivity index (χ1v) is 8.75. The second-order valence-corrected chi connectivity index (χ2v) is 5.36. The minimum absolute atomic E-state index is 0.262. The molecular weight excluding hydrogens is 345 g/mol. The molecule has 0 bridgehead atoms. The lowest BCUT2D eigenvalue weighted by Crippen LogP contribution is -2.08. The van der Waals surface area contributed by atoms with Crippen molar-refractivity contribution in [3.05, 3.63) is 81.8 Å². The summed E-state index contributed by atoms with van der Waals surface area (Å²) in [6.45, 7) is 5.70. The number of aromatic nitrogens is 2. The second kappa shape index (κ2) is 12.2. The number of rotatable bonds is 7. The number of hydrogen-bond acceptors (Lipinski definition) is 4. The number of nitrogens with one attached hydrogen (secondary N) is 1. The first kappa shape index (κ1) is 21.8. The van der Waals surface area contributed by atoms with Crippen molar-refractivity contribution in [1.82, 2.24) is 10.2 Å². The highest BCUT2D eigenvalue weighted by Gasteiger charge is 2.01. The molecule has 0 saturated carbocycles. The quantitative estimate of drug-likeness (QED) is 0.744. The highest BCUT2D eigenvalue weighted by atomic mass is 19.1. The molecule has 0 fully saturated rings. The molecule has 6 heteroatoms. The Hall–Kier alpha value is -3.20. The Bertz CT molecular complexity index is 844. The third kappa shape index (κ3) is 8.63. The number of halogens is 1. The van der Waals surface area contributed by atoms with E-state index in [2.05, 4.69) is 16.3 Å². The Morgan fingerprint density at radius 3 is 2.78 bits per heavy atom. The van der Waals surface area contributed by atoms with Gasteiger partial charge in [-0.1, -0.05) is 32.1 Å². The van der Waals surface area contributed by atoms with Crippen LogP contribution in [0.25, 0.3) is 0 Å². The van der Waals surface area contributed by atoms with Gasteiger partial charge in [0.1, 0.15) is 18.5 Å². The SMILES string of the molecule is CC.CC(F)/C=C\C(=C/COc1cccc(C#N)c1)Cc1ccc(=O)[nH]n1. The predicted molar refractivity (Wildman–Crippen MR) is 104 cm³/mol. The molecule has 0 radical (unpaired) electrons. The zero-order valence-electron chi connectivity index (χ0n) is 15.8. The van der Waals surface area contributed by atoms with Gasteiger partial charge in [0.15, 0.2) is 0 Å². The summed E-state index contributed by atoms with van der Waals surface area (Å²) in [6, 6.07) is 11.9. The van der Waals surface area contributed by atoms with E-state index in [0.29, 0.717) is 23.4 Å². The van der Waals surface area contributed by atoms with E-state index in [4.69, 9.17) is 10.00 Å². The third-order valence-corrected chi connectivity index (χ3v) is 3.26. The Kier molecular flexibility index (Phi) is 9.87. The van der Waals surface area contributed by atoms with Crippen LogP contribution >= 0.6 is 0 Å². The van der Waals surface area contributed by atoms with Crippen molar-refractivity contribution in [3.8, 4) is 11.8 Å². The van der Waals surface area contributed by atoms with E-state index in [1.807, 2.05) is 19.9 Å². The Morgan fingerprint density at radius 2 is 2.15 bits per heavy atom. The van der Waals surface area contributed by atoms with Gasteiger partial charge in [-0.2, -0.15) is 10.4 Å². The molecule has 1 N–H and O–H groups in total. The van der Waals surface area contributed by atoms with Crippen LogP contribution in [0.15, 0.2) is 65.0 Å². The summed E-state index contributed by atoms with van der Waals surface area (Å²) >= 11 is 0. The summed E-state index contributed by atoms with van der Waals surface area (Å²) < 4.78 is 18.7. The van der Waals surface area contributed by atoms with E-state index in [0.717, 1.165) is 5.57 Å². The Balaban J connectivity index is 0.00000176. The van der Waals surface area contributed by atoms with Crippen LogP contribution in [0.5, 0.6) is 5.75 Å². The molecule has 1 aromatic heterocycles. The van der Waals surface area contributed by atoms with Gasteiger partial charge in [-0.25, -0.2) is 9.49 Å². The van der Waals surface area contributed by atoms with Crippen LogP contribution in [-0.2, 0) is 6.42 Å². The van der Waals surface area contributed by atoms with Crippen LogP contribution in [0.4, 0.5) is 4.39 Å². The summed E-state index contributed by atoms with van der Waals surface area (Å²) in [4.78, 5) is 11.1. The van der Waals surface area contributed by atoms with Crippen molar-refractivity contribution in [2.24, 2.45) is 0 Å². The maximum atomic E-state index is 13.1. The van der Waals surface area contributed by atoms with Gasteiger partial charge in [-0.05, 0) is 42.8 Å². The van der Waals surface area contributed by atoms with Crippen molar-refractivity contribution in [3.63, 3.8) is 0 Å². The lowest BCUT2D eigenvalue weighted by Gasteiger charge is -2.06. The monoisotopic (exact) mass is 369 g/mol. The number of alkyl halides is 1. The molecule has 2 aromatic rings. The number of nitrogens with zero attached hydrogens (tertiary/aromatic N) is 2. The largest absolute Gasteiger partial charge is 0.489 e. The summed E-state index contributed by atoms with van der Waals surface area (Å²) in [5, 5.41) is 15.2. The van der Waals surface area contributed by atoms with Gasteiger partial charge in [-0.3, -0.25) is 4.79 Å². The average molecular weight is 369 g/mol. The van der Waals surface area contributed by atoms with Crippen LogP contribution < -0.4 is 10.3 Å². The van der Waals surface area contributed by atoms with Crippen LogP contribution in [-0.4, -0.2) is 23.0 Å². The zero-order chi connectivity index (χ0) is 20.1. The summed E-state index contributed by atoms with van der Waals surface area (Å²) in [5.41, 5.74) is 1.71. The molecule has 0 aliphatic heterocycles. The molecule has 27 heavy (non-hydrogen) atoms. The molecule has 5 nitrogen and oxygen atoms in total. The van der Waals surface area contributed by atoms with Crippen molar-refractivity contribution in [1.29, 1.82) is 5.26 Å². The summed E-state index contributed by atoms with van der Waals surface area (Å²) in [6.07, 6.45) is 4.28. The van der Waals surface area contributed by atoms with Crippen molar-refractivity contribution in [2.75, 3.05) is 6.61 Å². The van der Waals surface area contributed by atoms with E-state index in [9.17, 15) is 9.18 Å². The van der Waals surface area contributed by atoms with Crippen molar-refractivity contribution < 1.29 is 9.13 Å². The number of H-pyrrole nitrogens is 1. The molecular formula is C21H24FN3O2. The lowest BCUT2D eigenvalue weighted by molar-refractivity contribution is 0.362. The van der Waals surface area contributed by atoms with E-state index in [-0.39, 0.29) is 12.2 Å². The predicted octanol–water partition coefficient (Wildman–Crippen LogP) is 4.13. The van der Waals surface area contributed by atoms with Crippen LogP contribution in [0.1, 0.15) is 32.0 Å². The molecule has 1 aromatic carbocycles. The molecule has 1 atom stereocenters. The van der Waals surface area contributed by atoms with Gasteiger partial charge in [0, 0.05) is 12.5 Å². The highest BCUT2D eigenvalue weighted by molar-refractivity contribution is 5.36. The lowest BCUT2D eigenvalue weighted by atomic mass is 10.1. The topological polar surface area (TPSA) is 78.8 Å². The van der Waals surface area contributed by atoms with Gasteiger partial charge in [0.2, 0.25) is 0 Å². The fourth-order valence-corrected chi connectivity index (χ4v) is 2.04. The number of benzene rings is 1. The second-order valence-electron chi connectivity index (χ2n) is 5.36.